The van der Waals surface area contributed by atoms with Crippen LogP contribution in [0.25, 0.3) is 0 Å². The highest BCUT2D eigenvalue weighted by Crippen LogP contribution is 2.16. The zero-order chi connectivity index (χ0) is 9.84. The number of nitrogens with two attached hydrogens (primary N) is 2. The van der Waals surface area contributed by atoms with Crippen LogP contribution in [0.3, 0.4) is 0 Å². The minimum Gasteiger partial charge on any atom is -0.330 e. The van der Waals surface area contributed by atoms with Gasteiger partial charge in [0.05, 0.1) is 0 Å². The van der Waals surface area contributed by atoms with E-state index in [1.165, 1.54) is 16.7 Å². The molecule has 0 radical (unpaired) electrons. The molecule has 1 atom stereocenters. The Labute approximate surface area is 79.9 Å². The van der Waals surface area contributed by atoms with Crippen molar-refractivity contribution < 1.29 is 0 Å². The molecule has 4 N–H and O–H groups in total. The Morgan fingerprint density at radius 3 is 2.15 bits per heavy atom. The van der Waals surface area contributed by atoms with E-state index in [2.05, 4.69) is 32.0 Å². The van der Waals surface area contributed by atoms with Crippen LogP contribution in [0.4, 0.5) is 0 Å². The van der Waals surface area contributed by atoms with Crippen LogP contribution >= 0.6 is 0 Å². The molecular weight excluding hydrogens is 160 g/mol. The van der Waals surface area contributed by atoms with E-state index in [1.54, 1.807) is 0 Å². The summed E-state index contributed by atoms with van der Waals surface area (Å²) in [6.45, 7) is 4.82. The van der Waals surface area contributed by atoms with Crippen molar-refractivity contribution in [2.75, 3.05) is 6.54 Å². The van der Waals surface area contributed by atoms with Crippen LogP contribution in [0, 0.1) is 13.8 Å². The molecule has 0 aliphatic carbocycles. The van der Waals surface area contributed by atoms with Crippen LogP contribution in [-0.2, 0) is 0 Å². The monoisotopic (exact) mass is 178 g/mol. The molecule has 0 fully saturated rings. The second-order valence-corrected chi connectivity index (χ2v) is 3.60. The van der Waals surface area contributed by atoms with Crippen molar-refractivity contribution >= 4 is 0 Å². The maximum absolute atomic E-state index is 5.96. The molecule has 0 aliphatic rings. The van der Waals surface area contributed by atoms with Gasteiger partial charge in [-0.3, -0.25) is 0 Å². The predicted octanol–water partition coefficient (Wildman–Crippen LogP) is 1.65. The van der Waals surface area contributed by atoms with E-state index < -0.39 is 0 Å². The molecule has 13 heavy (non-hydrogen) atoms. The highest BCUT2D eigenvalue weighted by atomic mass is 14.7. The molecule has 0 spiro atoms. The fourth-order valence-electron chi connectivity index (χ4n) is 1.57. The van der Waals surface area contributed by atoms with E-state index in [1.807, 2.05) is 0 Å². The molecule has 1 rings (SSSR count). The average Bonchev–Trinajstić information content (AvgIpc) is 2.03. The van der Waals surface area contributed by atoms with Crippen LogP contribution in [-0.4, -0.2) is 6.54 Å². The summed E-state index contributed by atoms with van der Waals surface area (Å²) >= 11 is 0. The van der Waals surface area contributed by atoms with Gasteiger partial charge in [-0.05, 0) is 32.4 Å². The first-order valence-electron chi connectivity index (χ1n) is 4.67. The van der Waals surface area contributed by atoms with E-state index in [0.717, 1.165) is 6.42 Å². The van der Waals surface area contributed by atoms with E-state index in [0.29, 0.717) is 6.54 Å². The fraction of sp³-hybridized carbons (Fsp3) is 0.455. The molecular formula is C11H18N2. The number of hydrogen-bond acceptors (Lipinski definition) is 2. The maximum Gasteiger partial charge on any atom is 0.0307 e. The Morgan fingerprint density at radius 2 is 1.69 bits per heavy atom. The first-order valence-corrected chi connectivity index (χ1v) is 4.67. The first-order chi connectivity index (χ1) is 6.13. The first kappa shape index (κ1) is 10.2. The molecule has 72 valence electrons. The Hall–Kier alpha value is -0.860. The molecule has 1 aromatic rings. The number of benzene rings is 1. The third kappa shape index (κ3) is 2.83. The largest absolute Gasteiger partial charge is 0.330 e. The van der Waals surface area contributed by atoms with Crippen molar-refractivity contribution in [3.63, 3.8) is 0 Å². The Balaban J connectivity index is 2.87. The van der Waals surface area contributed by atoms with Gasteiger partial charge in [0.2, 0.25) is 0 Å². The van der Waals surface area contributed by atoms with Gasteiger partial charge >= 0.3 is 0 Å². The number of hydrogen-bond donors (Lipinski definition) is 2. The van der Waals surface area contributed by atoms with Gasteiger partial charge in [0.15, 0.2) is 0 Å². The zero-order valence-electron chi connectivity index (χ0n) is 8.38. The highest BCUT2D eigenvalue weighted by Gasteiger charge is 2.05. The van der Waals surface area contributed by atoms with E-state index in [-0.39, 0.29) is 6.04 Å². The van der Waals surface area contributed by atoms with Gasteiger partial charge in [0.25, 0.3) is 0 Å². The molecule has 1 aromatic carbocycles. The second kappa shape index (κ2) is 4.40. The standard InChI is InChI=1S/C11H18N2/c1-8-5-9(2)7-10(6-8)11(13)3-4-12/h5-7,11H,3-4,12-13H2,1-2H3/t11-/m1/s1. The summed E-state index contributed by atoms with van der Waals surface area (Å²) in [5.74, 6) is 0. The lowest BCUT2D eigenvalue weighted by Crippen LogP contribution is -2.15. The third-order valence-electron chi connectivity index (χ3n) is 2.15. The molecule has 0 saturated carbocycles. The SMILES string of the molecule is Cc1cc(C)cc([C@H](N)CCN)c1. The van der Waals surface area contributed by atoms with Crippen LogP contribution in [0.2, 0.25) is 0 Å². The molecule has 2 heteroatoms. The van der Waals surface area contributed by atoms with Gasteiger partial charge in [0.1, 0.15) is 0 Å². The van der Waals surface area contributed by atoms with Gasteiger partial charge < -0.3 is 11.5 Å². The third-order valence-corrected chi connectivity index (χ3v) is 2.15. The van der Waals surface area contributed by atoms with Gasteiger partial charge in [0, 0.05) is 6.04 Å². The smallest absolute Gasteiger partial charge is 0.0307 e. The van der Waals surface area contributed by atoms with E-state index in [4.69, 9.17) is 11.5 Å². The van der Waals surface area contributed by atoms with E-state index in [9.17, 15) is 0 Å². The van der Waals surface area contributed by atoms with Crippen molar-refractivity contribution in [1.82, 2.24) is 0 Å². The summed E-state index contributed by atoms with van der Waals surface area (Å²) in [6, 6.07) is 6.50. The molecule has 0 saturated heterocycles. The molecule has 0 amide bonds. The molecule has 0 aliphatic heterocycles. The lowest BCUT2D eigenvalue weighted by molar-refractivity contribution is 0.660. The Kier molecular flexibility index (Phi) is 3.46. The molecule has 0 heterocycles. The topological polar surface area (TPSA) is 52.0 Å². The molecule has 2 nitrogen and oxygen atoms in total. The fourth-order valence-corrected chi connectivity index (χ4v) is 1.57. The molecule has 0 aromatic heterocycles. The van der Waals surface area contributed by atoms with Crippen LogP contribution in [0.15, 0.2) is 18.2 Å². The predicted molar refractivity (Wildman–Crippen MR) is 56.5 cm³/mol. The Morgan fingerprint density at radius 1 is 1.15 bits per heavy atom. The summed E-state index contributed by atoms with van der Waals surface area (Å²) in [5, 5.41) is 0. The minimum atomic E-state index is 0.0867. The lowest BCUT2D eigenvalue weighted by atomic mass is 10.00. The Bertz CT molecular complexity index is 261. The summed E-state index contributed by atoms with van der Waals surface area (Å²) in [5.41, 5.74) is 15.2. The van der Waals surface area contributed by atoms with Crippen LogP contribution < -0.4 is 11.5 Å². The highest BCUT2D eigenvalue weighted by molar-refractivity contribution is 5.30. The molecule has 0 unspecified atom stereocenters. The summed E-state index contributed by atoms with van der Waals surface area (Å²) in [6.07, 6.45) is 0.850. The minimum absolute atomic E-state index is 0.0867. The van der Waals surface area contributed by atoms with Crippen molar-refractivity contribution in [2.45, 2.75) is 26.3 Å². The summed E-state index contributed by atoms with van der Waals surface area (Å²) in [7, 11) is 0. The van der Waals surface area contributed by atoms with Gasteiger partial charge in [-0.15, -0.1) is 0 Å². The van der Waals surface area contributed by atoms with Crippen molar-refractivity contribution in [3.8, 4) is 0 Å². The number of aryl methyl sites for hydroxylation is 2. The normalized spacial score (nSPS) is 12.9. The number of rotatable bonds is 3. The van der Waals surface area contributed by atoms with Crippen molar-refractivity contribution in [1.29, 1.82) is 0 Å². The van der Waals surface area contributed by atoms with E-state index >= 15 is 0 Å². The van der Waals surface area contributed by atoms with Gasteiger partial charge in [-0.1, -0.05) is 29.3 Å². The van der Waals surface area contributed by atoms with Crippen molar-refractivity contribution in [3.05, 3.63) is 34.9 Å². The zero-order valence-corrected chi connectivity index (χ0v) is 8.38. The van der Waals surface area contributed by atoms with Crippen LogP contribution in [0.5, 0.6) is 0 Å². The summed E-state index contributed by atoms with van der Waals surface area (Å²) < 4.78 is 0. The van der Waals surface area contributed by atoms with Gasteiger partial charge in [-0.2, -0.15) is 0 Å². The second-order valence-electron chi connectivity index (χ2n) is 3.60. The summed E-state index contributed by atoms with van der Waals surface area (Å²) in [4.78, 5) is 0. The quantitative estimate of drug-likeness (QED) is 0.739. The van der Waals surface area contributed by atoms with Crippen LogP contribution in [0.1, 0.15) is 29.2 Å². The lowest BCUT2D eigenvalue weighted by Gasteiger charge is -2.12. The molecule has 0 bridgehead atoms. The van der Waals surface area contributed by atoms with Gasteiger partial charge in [-0.25, -0.2) is 0 Å². The van der Waals surface area contributed by atoms with Crippen molar-refractivity contribution in [2.24, 2.45) is 11.5 Å². The average molecular weight is 178 g/mol. The maximum atomic E-state index is 5.96.